The van der Waals surface area contributed by atoms with Crippen molar-refractivity contribution in [2.45, 2.75) is 94.5 Å². The summed E-state index contributed by atoms with van der Waals surface area (Å²) in [4.78, 5) is 12.5. The third-order valence-corrected chi connectivity index (χ3v) is 7.96. The van der Waals surface area contributed by atoms with Gasteiger partial charge in [0.1, 0.15) is 5.78 Å². The van der Waals surface area contributed by atoms with Gasteiger partial charge in [0, 0.05) is 18.3 Å². The number of epoxide rings is 1. The number of hydrogen-bond donors (Lipinski definition) is 0. The summed E-state index contributed by atoms with van der Waals surface area (Å²) in [7, 11) is 0. The quantitative estimate of drug-likeness (QED) is 0.532. The molecule has 0 N–H and O–H groups in total. The first kappa shape index (κ1) is 16.4. The molecule has 7 atom stereocenters. The molecule has 4 rings (SSSR count). The molecule has 4 heteroatoms. The van der Waals surface area contributed by atoms with Gasteiger partial charge in [-0.25, -0.2) is 0 Å². The molecule has 2 heterocycles. The zero-order chi connectivity index (χ0) is 16.6. The molecule has 0 bridgehead atoms. The molecule has 0 amide bonds. The Labute approximate surface area is 144 Å². The maximum atomic E-state index is 12.5. The van der Waals surface area contributed by atoms with Crippen molar-refractivity contribution >= 4 is 17.4 Å². The molecular weight excluding hydrogens is 312 g/mol. The zero-order valence-electron chi connectivity index (χ0n) is 14.7. The van der Waals surface area contributed by atoms with E-state index in [9.17, 15) is 4.79 Å². The van der Waals surface area contributed by atoms with Crippen LogP contribution in [0.2, 0.25) is 0 Å². The molecule has 23 heavy (non-hydrogen) atoms. The summed E-state index contributed by atoms with van der Waals surface area (Å²) in [5, 5.41) is 0.0605. The highest BCUT2D eigenvalue weighted by atomic mass is 35.5. The van der Waals surface area contributed by atoms with Crippen molar-refractivity contribution in [3.05, 3.63) is 0 Å². The van der Waals surface area contributed by atoms with E-state index < -0.39 is 0 Å². The zero-order valence-corrected chi connectivity index (χ0v) is 15.5. The van der Waals surface area contributed by atoms with E-state index in [0.717, 1.165) is 32.1 Å². The van der Waals surface area contributed by atoms with E-state index in [1.54, 1.807) is 0 Å². The molecule has 3 nitrogen and oxygen atoms in total. The second-order valence-corrected chi connectivity index (χ2v) is 9.74. The lowest BCUT2D eigenvalue weighted by Crippen LogP contribution is -2.58. The average Bonchev–Trinajstić information content (AvgIpc) is 3.15. The van der Waals surface area contributed by atoms with E-state index in [2.05, 4.69) is 27.7 Å². The third kappa shape index (κ3) is 2.41. The van der Waals surface area contributed by atoms with Gasteiger partial charge in [-0.15, -0.1) is 11.6 Å². The Morgan fingerprint density at radius 3 is 2.43 bits per heavy atom. The molecule has 2 aliphatic carbocycles. The standard InChI is InChI=1S/C19H29ClO3/c1-17(2)14(20)8-10-18(3,23-17)12-5-6-13(21)11-7-9-19(4)16(22-19)15(11)12/h11-12,14-16H,5-10H2,1-4H3/t11-,12?,14-,15-,16-,18+,19+/m0/s1. The van der Waals surface area contributed by atoms with Gasteiger partial charge in [0.15, 0.2) is 0 Å². The van der Waals surface area contributed by atoms with Gasteiger partial charge in [-0.3, -0.25) is 4.79 Å². The molecule has 0 aromatic carbocycles. The fourth-order valence-corrected chi connectivity index (χ4v) is 5.94. The van der Waals surface area contributed by atoms with Crippen LogP contribution < -0.4 is 0 Å². The van der Waals surface area contributed by atoms with Gasteiger partial charge in [0.05, 0.1) is 28.3 Å². The van der Waals surface area contributed by atoms with Gasteiger partial charge < -0.3 is 9.47 Å². The van der Waals surface area contributed by atoms with Gasteiger partial charge in [0.2, 0.25) is 0 Å². The largest absolute Gasteiger partial charge is 0.368 e. The van der Waals surface area contributed by atoms with Crippen molar-refractivity contribution in [2.75, 3.05) is 0 Å². The minimum Gasteiger partial charge on any atom is -0.368 e. The van der Waals surface area contributed by atoms with Gasteiger partial charge in [-0.2, -0.15) is 0 Å². The van der Waals surface area contributed by atoms with Crippen LogP contribution in [0.15, 0.2) is 0 Å². The second kappa shape index (κ2) is 4.95. The first-order chi connectivity index (χ1) is 10.7. The van der Waals surface area contributed by atoms with Crippen molar-refractivity contribution in [1.82, 2.24) is 0 Å². The number of carbonyl (C=O) groups is 1. The summed E-state index contributed by atoms with van der Waals surface area (Å²) in [5.41, 5.74) is -0.483. The van der Waals surface area contributed by atoms with Crippen LogP contribution >= 0.6 is 11.6 Å². The highest BCUT2D eigenvalue weighted by molar-refractivity contribution is 6.21. The van der Waals surface area contributed by atoms with E-state index in [1.807, 2.05) is 0 Å². The monoisotopic (exact) mass is 340 g/mol. The van der Waals surface area contributed by atoms with E-state index in [0.29, 0.717) is 24.0 Å². The lowest BCUT2D eigenvalue weighted by Gasteiger charge is -2.54. The SMILES string of the molecule is CC1(C)O[C@@](C)(C2CCC(=O)[C@@H]3CC[C@@]4(C)O[C@H]4[C@H]23)CC[C@@H]1Cl. The van der Waals surface area contributed by atoms with Gasteiger partial charge >= 0.3 is 0 Å². The fraction of sp³-hybridized carbons (Fsp3) is 0.947. The summed E-state index contributed by atoms with van der Waals surface area (Å²) in [5.74, 6) is 1.38. The molecule has 4 fully saturated rings. The van der Waals surface area contributed by atoms with Crippen molar-refractivity contribution in [2.24, 2.45) is 17.8 Å². The van der Waals surface area contributed by atoms with Gasteiger partial charge in [-0.1, -0.05) is 0 Å². The number of rotatable bonds is 1. The molecule has 0 aromatic rings. The van der Waals surface area contributed by atoms with Crippen LogP contribution in [-0.4, -0.2) is 34.1 Å². The van der Waals surface area contributed by atoms with Crippen molar-refractivity contribution < 1.29 is 14.3 Å². The highest BCUT2D eigenvalue weighted by Gasteiger charge is 2.66. The molecule has 0 spiro atoms. The normalized spacial score (nSPS) is 55.0. The number of ether oxygens (including phenoxy) is 2. The molecule has 4 aliphatic rings. The number of alkyl halides is 1. The molecule has 0 aromatic heterocycles. The van der Waals surface area contributed by atoms with Crippen LogP contribution in [0.25, 0.3) is 0 Å². The Balaban J connectivity index is 1.64. The van der Waals surface area contributed by atoms with E-state index >= 15 is 0 Å². The Kier molecular flexibility index (Phi) is 3.52. The number of fused-ring (bicyclic) bond motifs is 3. The topological polar surface area (TPSA) is 38.8 Å². The van der Waals surface area contributed by atoms with Crippen LogP contribution in [0.5, 0.6) is 0 Å². The number of hydrogen-bond acceptors (Lipinski definition) is 3. The predicted molar refractivity (Wildman–Crippen MR) is 89.7 cm³/mol. The molecule has 1 unspecified atom stereocenters. The minimum absolute atomic E-state index is 0.0204. The summed E-state index contributed by atoms with van der Waals surface area (Å²) in [6, 6.07) is 0. The molecule has 2 aliphatic heterocycles. The molecule has 130 valence electrons. The van der Waals surface area contributed by atoms with Crippen molar-refractivity contribution in [3.8, 4) is 0 Å². The number of Topliss-reactive ketones (excluding diaryl/α,β-unsaturated/α-hetero) is 1. The lowest BCUT2D eigenvalue weighted by atomic mass is 9.57. The van der Waals surface area contributed by atoms with E-state index in [-0.39, 0.29) is 34.2 Å². The number of halogens is 1. The second-order valence-electron chi connectivity index (χ2n) is 9.21. The first-order valence-corrected chi connectivity index (χ1v) is 9.65. The first-order valence-electron chi connectivity index (χ1n) is 9.21. The lowest BCUT2D eigenvalue weighted by molar-refractivity contribution is -0.206. The minimum atomic E-state index is -0.312. The maximum Gasteiger partial charge on any atom is 0.136 e. The van der Waals surface area contributed by atoms with Crippen LogP contribution in [0.4, 0.5) is 0 Å². The fourth-order valence-electron chi connectivity index (χ4n) is 5.78. The number of ketones is 1. The van der Waals surface area contributed by atoms with E-state index in [1.165, 1.54) is 0 Å². The van der Waals surface area contributed by atoms with Gasteiger partial charge in [0.25, 0.3) is 0 Å². The van der Waals surface area contributed by atoms with E-state index in [4.69, 9.17) is 21.1 Å². The van der Waals surface area contributed by atoms with Gasteiger partial charge in [-0.05, 0) is 65.7 Å². The summed E-state index contributed by atoms with van der Waals surface area (Å²) >= 11 is 6.49. The Hall–Kier alpha value is -0.120. The molecule has 0 radical (unpaired) electrons. The molecule has 2 saturated carbocycles. The van der Waals surface area contributed by atoms with Crippen molar-refractivity contribution in [3.63, 3.8) is 0 Å². The summed E-state index contributed by atoms with van der Waals surface area (Å²) in [6.07, 6.45) is 5.89. The van der Waals surface area contributed by atoms with Crippen LogP contribution in [0, 0.1) is 17.8 Å². The smallest absolute Gasteiger partial charge is 0.136 e. The molecule has 2 saturated heterocycles. The maximum absolute atomic E-state index is 12.5. The Morgan fingerprint density at radius 2 is 1.74 bits per heavy atom. The highest BCUT2D eigenvalue weighted by Crippen LogP contribution is 2.60. The Bertz CT molecular complexity index is 533. The summed E-state index contributed by atoms with van der Waals surface area (Å²) < 4.78 is 12.7. The summed E-state index contributed by atoms with van der Waals surface area (Å²) in [6.45, 7) is 8.68. The number of carbonyl (C=O) groups excluding carboxylic acids is 1. The molecular formula is C19H29ClO3. The Morgan fingerprint density at radius 1 is 1.04 bits per heavy atom. The van der Waals surface area contributed by atoms with Crippen LogP contribution in [-0.2, 0) is 14.3 Å². The third-order valence-electron chi connectivity index (χ3n) is 7.22. The van der Waals surface area contributed by atoms with Crippen molar-refractivity contribution in [1.29, 1.82) is 0 Å². The average molecular weight is 341 g/mol. The van der Waals surface area contributed by atoms with Crippen LogP contribution in [0.1, 0.15) is 66.2 Å². The van der Waals surface area contributed by atoms with Crippen LogP contribution in [0.3, 0.4) is 0 Å². The predicted octanol–water partition coefficient (Wildman–Crippen LogP) is 4.10.